The van der Waals surface area contributed by atoms with E-state index in [4.69, 9.17) is 4.98 Å². The van der Waals surface area contributed by atoms with Crippen LogP contribution in [0.4, 0.5) is 5.69 Å². The molecular formula is C23H17BrN2O. The third kappa shape index (κ3) is 3.62. The molecule has 0 spiro atoms. The number of nitrogens with one attached hydrogen (secondary N) is 1. The molecule has 0 aliphatic rings. The fraction of sp³-hybridized carbons (Fsp3) is 0.0435. The predicted octanol–water partition coefficient (Wildman–Crippen LogP) is 6.23. The maximum absolute atomic E-state index is 13.1. The first-order valence-corrected chi connectivity index (χ1v) is 9.44. The number of aromatic nitrogens is 1. The number of amides is 1. The summed E-state index contributed by atoms with van der Waals surface area (Å²) in [4.78, 5) is 17.9. The molecule has 3 aromatic carbocycles. The van der Waals surface area contributed by atoms with Crippen molar-refractivity contribution in [3.8, 4) is 11.3 Å². The van der Waals surface area contributed by atoms with Gasteiger partial charge in [-0.1, -0.05) is 70.5 Å². The lowest BCUT2D eigenvalue weighted by molar-refractivity contribution is 0.102. The molecule has 1 N–H and O–H groups in total. The minimum absolute atomic E-state index is 0.150. The maximum Gasteiger partial charge on any atom is 0.256 e. The largest absolute Gasteiger partial charge is 0.322 e. The number of anilines is 1. The summed E-state index contributed by atoms with van der Waals surface area (Å²) in [6.07, 6.45) is 0. The van der Waals surface area contributed by atoms with Crippen LogP contribution in [0.5, 0.6) is 0 Å². The molecule has 4 aromatic rings. The van der Waals surface area contributed by atoms with E-state index in [1.165, 1.54) is 0 Å². The van der Waals surface area contributed by atoms with Crippen LogP contribution in [0.1, 0.15) is 15.9 Å². The Balaban J connectivity index is 1.85. The van der Waals surface area contributed by atoms with Gasteiger partial charge in [-0.25, -0.2) is 4.98 Å². The Morgan fingerprint density at radius 2 is 1.70 bits per heavy atom. The third-order valence-electron chi connectivity index (χ3n) is 4.44. The molecule has 0 saturated heterocycles. The summed E-state index contributed by atoms with van der Waals surface area (Å²) in [7, 11) is 0. The number of fused-ring (bicyclic) bond motifs is 1. The molecule has 132 valence electrons. The second-order valence-electron chi connectivity index (χ2n) is 6.36. The topological polar surface area (TPSA) is 42.0 Å². The van der Waals surface area contributed by atoms with Gasteiger partial charge in [0.1, 0.15) is 0 Å². The van der Waals surface area contributed by atoms with E-state index in [9.17, 15) is 4.79 Å². The summed E-state index contributed by atoms with van der Waals surface area (Å²) in [5.74, 6) is -0.150. The SMILES string of the molecule is Cc1cccc2c(C(=O)Nc3cccc(Br)c3)cc(-c3ccccc3)nc12. The first-order valence-electron chi connectivity index (χ1n) is 8.64. The first kappa shape index (κ1) is 17.4. The molecule has 1 amide bonds. The highest BCUT2D eigenvalue weighted by atomic mass is 79.9. The summed E-state index contributed by atoms with van der Waals surface area (Å²) in [5.41, 5.74) is 5.02. The predicted molar refractivity (Wildman–Crippen MR) is 114 cm³/mol. The van der Waals surface area contributed by atoms with E-state index in [-0.39, 0.29) is 5.91 Å². The van der Waals surface area contributed by atoms with Crippen molar-refractivity contribution < 1.29 is 4.79 Å². The fourth-order valence-corrected chi connectivity index (χ4v) is 3.50. The van der Waals surface area contributed by atoms with Crippen LogP contribution in [0, 0.1) is 6.92 Å². The van der Waals surface area contributed by atoms with Gasteiger partial charge < -0.3 is 5.32 Å². The van der Waals surface area contributed by atoms with Gasteiger partial charge in [-0.05, 0) is 36.8 Å². The van der Waals surface area contributed by atoms with Gasteiger partial charge in [-0.3, -0.25) is 4.79 Å². The fourth-order valence-electron chi connectivity index (χ4n) is 3.10. The Kier molecular flexibility index (Phi) is 4.73. The van der Waals surface area contributed by atoms with E-state index in [2.05, 4.69) is 21.2 Å². The number of nitrogens with zero attached hydrogens (tertiary/aromatic N) is 1. The van der Waals surface area contributed by atoms with E-state index < -0.39 is 0 Å². The summed E-state index contributed by atoms with van der Waals surface area (Å²) in [5, 5.41) is 3.84. The highest BCUT2D eigenvalue weighted by molar-refractivity contribution is 9.10. The van der Waals surface area contributed by atoms with Crippen molar-refractivity contribution in [1.82, 2.24) is 4.98 Å². The maximum atomic E-state index is 13.1. The number of benzene rings is 3. The number of hydrogen-bond donors (Lipinski definition) is 1. The van der Waals surface area contributed by atoms with E-state index in [1.54, 1.807) is 0 Å². The molecule has 4 heteroatoms. The zero-order valence-corrected chi connectivity index (χ0v) is 16.3. The number of para-hydroxylation sites is 1. The van der Waals surface area contributed by atoms with Gasteiger partial charge in [0.05, 0.1) is 16.8 Å². The van der Waals surface area contributed by atoms with Crippen molar-refractivity contribution >= 4 is 38.4 Å². The number of carbonyl (C=O) groups is 1. The lowest BCUT2D eigenvalue weighted by Crippen LogP contribution is -2.13. The third-order valence-corrected chi connectivity index (χ3v) is 4.93. The molecule has 1 heterocycles. The van der Waals surface area contributed by atoms with Crippen LogP contribution in [0.15, 0.2) is 83.3 Å². The second kappa shape index (κ2) is 7.33. The van der Waals surface area contributed by atoms with Gasteiger partial charge in [-0.15, -0.1) is 0 Å². The number of hydrogen-bond acceptors (Lipinski definition) is 2. The Hall–Kier alpha value is -2.98. The lowest BCUT2D eigenvalue weighted by Gasteiger charge is -2.12. The minimum Gasteiger partial charge on any atom is -0.322 e. The van der Waals surface area contributed by atoms with Gasteiger partial charge in [0.2, 0.25) is 0 Å². The highest BCUT2D eigenvalue weighted by Crippen LogP contribution is 2.27. The van der Waals surface area contributed by atoms with Gasteiger partial charge in [-0.2, -0.15) is 0 Å². The van der Waals surface area contributed by atoms with Crippen LogP contribution in [0.3, 0.4) is 0 Å². The number of halogens is 1. The Bertz CT molecular complexity index is 1140. The molecular weight excluding hydrogens is 400 g/mol. The number of aryl methyl sites for hydroxylation is 1. The standard InChI is InChI=1S/C23H17BrN2O/c1-15-7-5-12-19-20(23(27)25-18-11-6-10-17(24)13-18)14-21(26-22(15)19)16-8-3-2-4-9-16/h2-14H,1H3,(H,25,27). The average molecular weight is 417 g/mol. The summed E-state index contributed by atoms with van der Waals surface area (Å²) < 4.78 is 0.917. The van der Waals surface area contributed by atoms with Crippen molar-refractivity contribution in [3.05, 3.63) is 94.5 Å². The Labute approximate surface area is 166 Å². The molecule has 0 unspecified atom stereocenters. The molecule has 0 saturated carbocycles. The van der Waals surface area contributed by atoms with E-state index in [0.717, 1.165) is 37.9 Å². The molecule has 3 nitrogen and oxygen atoms in total. The number of pyridine rings is 1. The van der Waals surface area contributed by atoms with Crippen LogP contribution in [-0.4, -0.2) is 10.9 Å². The summed E-state index contributed by atoms with van der Waals surface area (Å²) >= 11 is 3.44. The van der Waals surface area contributed by atoms with Crippen LogP contribution in [0.2, 0.25) is 0 Å². The molecule has 0 aliphatic heterocycles. The van der Waals surface area contributed by atoms with Crippen molar-refractivity contribution in [2.45, 2.75) is 6.92 Å². The minimum atomic E-state index is -0.150. The molecule has 0 aliphatic carbocycles. The molecule has 27 heavy (non-hydrogen) atoms. The highest BCUT2D eigenvalue weighted by Gasteiger charge is 2.15. The average Bonchev–Trinajstić information content (AvgIpc) is 2.68. The number of rotatable bonds is 3. The first-order chi connectivity index (χ1) is 13.1. The zero-order chi connectivity index (χ0) is 18.8. The zero-order valence-electron chi connectivity index (χ0n) is 14.7. The van der Waals surface area contributed by atoms with Gasteiger partial charge in [0, 0.05) is 21.1 Å². The second-order valence-corrected chi connectivity index (χ2v) is 7.27. The van der Waals surface area contributed by atoms with E-state index >= 15 is 0 Å². The molecule has 4 rings (SSSR count). The van der Waals surface area contributed by atoms with Crippen molar-refractivity contribution in [2.75, 3.05) is 5.32 Å². The quantitative estimate of drug-likeness (QED) is 0.430. The van der Waals surface area contributed by atoms with Crippen LogP contribution >= 0.6 is 15.9 Å². The van der Waals surface area contributed by atoms with Crippen LogP contribution in [0.25, 0.3) is 22.2 Å². The Morgan fingerprint density at radius 1 is 0.926 bits per heavy atom. The van der Waals surface area contributed by atoms with Crippen LogP contribution < -0.4 is 5.32 Å². The van der Waals surface area contributed by atoms with Gasteiger partial charge in [0.15, 0.2) is 0 Å². The molecule has 0 atom stereocenters. The normalized spacial score (nSPS) is 10.7. The van der Waals surface area contributed by atoms with Crippen LogP contribution in [-0.2, 0) is 0 Å². The Morgan fingerprint density at radius 3 is 2.48 bits per heavy atom. The van der Waals surface area contributed by atoms with Crippen molar-refractivity contribution in [3.63, 3.8) is 0 Å². The van der Waals surface area contributed by atoms with Crippen molar-refractivity contribution in [2.24, 2.45) is 0 Å². The van der Waals surface area contributed by atoms with E-state index in [1.807, 2.05) is 85.8 Å². The van der Waals surface area contributed by atoms with Gasteiger partial charge in [0.25, 0.3) is 5.91 Å². The smallest absolute Gasteiger partial charge is 0.256 e. The molecule has 0 fully saturated rings. The van der Waals surface area contributed by atoms with Crippen molar-refractivity contribution in [1.29, 1.82) is 0 Å². The lowest BCUT2D eigenvalue weighted by atomic mass is 10.0. The molecule has 0 bridgehead atoms. The monoisotopic (exact) mass is 416 g/mol. The number of carbonyl (C=O) groups excluding carboxylic acids is 1. The summed E-state index contributed by atoms with van der Waals surface area (Å²) in [6, 6.07) is 25.3. The van der Waals surface area contributed by atoms with E-state index in [0.29, 0.717) is 5.56 Å². The molecule has 0 radical (unpaired) electrons. The summed E-state index contributed by atoms with van der Waals surface area (Å²) in [6.45, 7) is 2.01. The molecule has 1 aromatic heterocycles. The van der Waals surface area contributed by atoms with Gasteiger partial charge >= 0.3 is 0 Å².